The van der Waals surface area contributed by atoms with E-state index in [9.17, 15) is 26.3 Å². The maximum absolute atomic E-state index is 13.0. The Morgan fingerprint density at radius 1 is 1.00 bits per heavy atom. The SMILES string of the molecule is FC(F)(F)C1CC(Nc2nnc(-c3ccon3)s2)CC(C(F)(F)F)C1. The molecule has 2 unspecified atom stereocenters. The molecule has 0 bridgehead atoms. The van der Waals surface area contributed by atoms with Gasteiger partial charge in [0.15, 0.2) is 5.01 Å². The average molecular weight is 386 g/mol. The number of nitrogens with zero attached hydrogens (tertiary/aromatic N) is 3. The Bertz CT molecular complexity index is 676. The molecular weight excluding hydrogens is 374 g/mol. The van der Waals surface area contributed by atoms with Crippen LogP contribution in [0.25, 0.3) is 10.7 Å². The van der Waals surface area contributed by atoms with Crippen LogP contribution in [0.2, 0.25) is 0 Å². The van der Waals surface area contributed by atoms with E-state index >= 15 is 0 Å². The van der Waals surface area contributed by atoms with Crippen molar-refractivity contribution in [3.8, 4) is 10.7 Å². The fourth-order valence-electron chi connectivity index (χ4n) is 2.85. The molecule has 3 rings (SSSR count). The van der Waals surface area contributed by atoms with E-state index in [2.05, 4.69) is 25.2 Å². The van der Waals surface area contributed by atoms with Crippen molar-refractivity contribution in [2.24, 2.45) is 11.8 Å². The second-order valence-corrected chi connectivity index (χ2v) is 6.80. The standard InChI is InChI=1S/C13H12F6N4OS/c14-12(15,16)6-3-7(13(17,18)19)5-8(4-6)20-11-22-21-10(25-11)9-1-2-24-23-9/h1-2,6-8H,3-5H2,(H,20,22). The van der Waals surface area contributed by atoms with Crippen molar-refractivity contribution in [1.82, 2.24) is 15.4 Å². The zero-order valence-corrected chi connectivity index (χ0v) is 13.3. The summed E-state index contributed by atoms with van der Waals surface area (Å²) in [7, 11) is 0. The molecule has 0 amide bonds. The number of aromatic nitrogens is 3. The van der Waals surface area contributed by atoms with E-state index in [0.717, 1.165) is 11.3 Å². The molecule has 0 aromatic carbocycles. The first-order chi connectivity index (χ1) is 11.6. The molecule has 1 saturated carbocycles. The van der Waals surface area contributed by atoms with E-state index < -0.39 is 49.5 Å². The van der Waals surface area contributed by atoms with Crippen molar-refractivity contribution in [1.29, 1.82) is 0 Å². The van der Waals surface area contributed by atoms with Crippen molar-refractivity contribution in [3.05, 3.63) is 12.3 Å². The van der Waals surface area contributed by atoms with Crippen LogP contribution in [0.3, 0.4) is 0 Å². The molecule has 138 valence electrons. The number of hydrogen-bond donors (Lipinski definition) is 1. The molecule has 1 fully saturated rings. The van der Waals surface area contributed by atoms with Crippen LogP contribution in [0.5, 0.6) is 0 Å². The maximum atomic E-state index is 13.0. The van der Waals surface area contributed by atoms with Crippen molar-refractivity contribution in [2.45, 2.75) is 37.7 Å². The molecule has 0 spiro atoms. The minimum Gasteiger partial charge on any atom is -0.364 e. The Morgan fingerprint density at radius 2 is 1.64 bits per heavy atom. The highest BCUT2D eigenvalue weighted by molar-refractivity contribution is 7.18. The molecule has 12 heteroatoms. The first-order valence-electron chi connectivity index (χ1n) is 7.27. The molecule has 0 radical (unpaired) electrons. The largest absolute Gasteiger partial charge is 0.391 e. The van der Waals surface area contributed by atoms with E-state index in [4.69, 9.17) is 0 Å². The van der Waals surface area contributed by atoms with Gasteiger partial charge >= 0.3 is 12.4 Å². The van der Waals surface area contributed by atoms with Gasteiger partial charge in [0.2, 0.25) is 5.13 Å². The first kappa shape index (κ1) is 18.0. The zero-order chi connectivity index (χ0) is 18.2. The summed E-state index contributed by atoms with van der Waals surface area (Å²) in [6, 6.07) is 0.523. The molecular formula is C13H12F6N4OS. The molecule has 0 saturated heterocycles. The lowest BCUT2D eigenvalue weighted by Gasteiger charge is -2.36. The second kappa shape index (κ2) is 6.46. The Labute approximate surface area is 141 Å². The predicted octanol–water partition coefficient (Wildman–Crippen LogP) is 4.51. The molecule has 2 heterocycles. The van der Waals surface area contributed by atoms with Crippen LogP contribution >= 0.6 is 11.3 Å². The third-order valence-corrected chi connectivity index (χ3v) is 4.92. The molecule has 1 aliphatic carbocycles. The third-order valence-electron chi connectivity index (χ3n) is 4.04. The Morgan fingerprint density at radius 3 is 2.16 bits per heavy atom. The molecule has 5 nitrogen and oxygen atoms in total. The molecule has 1 N–H and O–H groups in total. The molecule has 1 aliphatic rings. The number of anilines is 1. The summed E-state index contributed by atoms with van der Waals surface area (Å²) in [5, 5.41) is 14.3. The number of nitrogens with one attached hydrogen (secondary N) is 1. The van der Waals surface area contributed by atoms with E-state index in [1.807, 2.05) is 0 Å². The van der Waals surface area contributed by atoms with Gasteiger partial charge in [-0.1, -0.05) is 16.5 Å². The fraction of sp³-hybridized carbons (Fsp3) is 0.615. The second-order valence-electron chi connectivity index (χ2n) is 5.82. The van der Waals surface area contributed by atoms with E-state index in [1.54, 1.807) is 0 Å². The molecule has 2 aromatic rings. The van der Waals surface area contributed by atoms with E-state index in [-0.39, 0.29) is 5.13 Å². The third kappa shape index (κ3) is 4.22. The summed E-state index contributed by atoms with van der Waals surface area (Å²) in [4.78, 5) is 0. The van der Waals surface area contributed by atoms with E-state index in [1.165, 1.54) is 12.3 Å². The van der Waals surface area contributed by atoms with Gasteiger partial charge in [-0.05, 0) is 19.3 Å². The van der Waals surface area contributed by atoms with Gasteiger partial charge in [-0.25, -0.2) is 0 Å². The maximum Gasteiger partial charge on any atom is 0.391 e. The van der Waals surface area contributed by atoms with Crippen LogP contribution < -0.4 is 5.32 Å². The highest BCUT2D eigenvalue weighted by Gasteiger charge is 2.51. The minimum absolute atomic E-state index is 0.145. The molecule has 2 aromatic heterocycles. The first-order valence-corrected chi connectivity index (χ1v) is 8.09. The summed E-state index contributed by atoms with van der Waals surface area (Å²) < 4.78 is 82.4. The van der Waals surface area contributed by atoms with Gasteiger partial charge < -0.3 is 9.84 Å². The van der Waals surface area contributed by atoms with Gasteiger partial charge in [0, 0.05) is 12.1 Å². The lowest BCUT2D eigenvalue weighted by atomic mass is 9.78. The van der Waals surface area contributed by atoms with Crippen LogP contribution in [0.15, 0.2) is 16.9 Å². The van der Waals surface area contributed by atoms with Gasteiger partial charge in [-0.15, -0.1) is 10.2 Å². The zero-order valence-electron chi connectivity index (χ0n) is 12.4. The summed E-state index contributed by atoms with van der Waals surface area (Å²) in [5.74, 6) is -4.01. The lowest BCUT2D eigenvalue weighted by Crippen LogP contribution is -2.42. The normalized spacial score (nSPS) is 25.1. The van der Waals surface area contributed by atoms with Crippen LogP contribution in [-0.4, -0.2) is 33.7 Å². The van der Waals surface area contributed by atoms with Crippen molar-refractivity contribution < 1.29 is 30.9 Å². The number of rotatable bonds is 3. The van der Waals surface area contributed by atoms with Crippen LogP contribution in [0.1, 0.15) is 19.3 Å². The van der Waals surface area contributed by atoms with Crippen molar-refractivity contribution in [2.75, 3.05) is 5.32 Å². The topological polar surface area (TPSA) is 63.8 Å². The predicted molar refractivity (Wildman–Crippen MR) is 75.8 cm³/mol. The van der Waals surface area contributed by atoms with E-state index in [0.29, 0.717) is 10.7 Å². The van der Waals surface area contributed by atoms with Gasteiger partial charge in [-0.3, -0.25) is 0 Å². The summed E-state index contributed by atoms with van der Waals surface area (Å²) >= 11 is 0.983. The highest BCUT2D eigenvalue weighted by atomic mass is 32.1. The molecule has 25 heavy (non-hydrogen) atoms. The average Bonchev–Trinajstić information content (AvgIpc) is 3.15. The molecule has 0 aliphatic heterocycles. The number of alkyl halides is 6. The highest BCUT2D eigenvalue weighted by Crippen LogP contribution is 2.46. The quantitative estimate of drug-likeness (QED) is 0.786. The summed E-state index contributed by atoms with van der Waals surface area (Å²) in [5.41, 5.74) is 0.385. The fourth-order valence-corrected chi connectivity index (χ4v) is 3.64. The van der Waals surface area contributed by atoms with Gasteiger partial charge in [0.05, 0.1) is 11.8 Å². The van der Waals surface area contributed by atoms with Crippen LogP contribution in [0.4, 0.5) is 31.5 Å². The molecule has 2 atom stereocenters. The monoisotopic (exact) mass is 386 g/mol. The lowest BCUT2D eigenvalue weighted by molar-refractivity contribution is -0.223. The number of hydrogen-bond acceptors (Lipinski definition) is 6. The van der Waals surface area contributed by atoms with Gasteiger partial charge in [0.1, 0.15) is 12.0 Å². The van der Waals surface area contributed by atoms with Crippen molar-refractivity contribution >= 4 is 16.5 Å². The number of halogens is 6. The Balaban J connectivity index is 1.74. The Hall–Kier alpha value is -1.85. The minimum atomic E-state index is -4.67. The van der Waals surface area contributed by atoms with Gasteiger partial charge in [0.25, 0.3) is 0 Å². The van der Waals surface area contributed by atoms with Crippen LogP contribution in [0, 0.1) is 11.8 Å². The Kier molecular flexibility index (Phi) is 4.64. The smallest absolute Gasteiger partial charge is 0.364 e. The summed E-state index contributed by atoms with van der Waals surface area (Å²) in [6.45, 7) is 0. The van der Waals surface area contributed by atoms with Crippen LogP contribution in [-0.2, 0) is 0 Å². The summed E-state index contributed by atoms with van der Waals surface area (Å²) in [6.07, 6.45) is -9.84. The van der Waals surface area contributed by atoms with Crippen molar-refractivity contribution in [3.63, 3.8) is 0 Å². The van der Waals surface area contributed by atoms with Gasteiger partial charge in [-0.2, -0.15) is 26.3 Å².